The highest BCUT2D eigenvalue weighted by atomic mass is 35.5. The van der Waals surface area contributed by atoms with E-state index < -0.39 is 7.67 Å². The number of nitrogens with zero attached hydrogens (tertiary/aromatic N) is 1. The molecule has 1 N–H and O–H groups in total. The lowest BCUT2D eigenvalue weighted by Gasteiger charge is -2.40. The van der Waals surface area contributed by atoms with Crippen LogP contribution in [0.5, 0.6) is 0 Å². The number of alkyl halides is 2. The molecule has 0 aromatic rings. The predicted molar refractivity (Wildman–Crippen MR) is 83.6 cm³/mol. The summed E-state index contributed by atoms with van der Waals surface area (Å²) >= 11 is 11.5. The van der Waals surface area contributed by atoms with Crippen molar-refractivity contribution in [2.24, 2.45) is 0 Å². The summed E-state index contributed by atoms with van der Waals surface area (Å²) in [6.07, 6.45) is 3.81. The Kier molecular flexibility index (Phi) is 9.71. The maximum absolute atomic E-state index is 12.8. The minimum atomic E-state index is -3.08. The average molecular weight is 347 g/mol. The number of unbranched alkanes of at least 4 members (excludes halogenated alkanes) is 2. The molecular formula is C12H25Cl2N2O3P. The van der Waals surface area contributed by atoms with Crippen LogP contribution in [0.25, 0.3) is 0 Å². The second-order valence-electron chi connectivity index (χ2n) is 4.62. The molecule has 1 rings (SSSR count). The van der Waals surface area contributed by atoms with Crippen molar-refractivity contribution < 1.29 is 13.8 Å². The van der Waals surface area contributed by atoms with E-state index in [0.29, 0.717) is 44.5 Å². The third-order valence-electron chi connectivity index (χ3n) is 3.08. The lowest BCUT2D eigenvalue weighted by molar-refractivity contribution is -0.0545. The molecule has 1 saturated heterocycles. The molecule has 1 aliphatic heterocycles. The van der Waals surface area contributed by atoms with E-state index in [2.05, 4.69) is 12.0 Å². The van der Waals surface area contributed by atoms with E-state index in [1.165, 1.54) is 0 Å². The van der Waals surface area contributed by atoms with Gasteiger partial charge in [-0.1, -0.05) is 19.8 Å². The van der Waals surface area contributed by atoms with Crippen molar-refractivity contribution in [1.82, 2.24) is 9.76 Å². The number of hydrogen-bond donors (Lipinski definition) is 1. The van der Waals surface area contributed by atoms with Gasteiger partial charge in [0.05, 0.1) is 6.61 Å². The summed E-state index contributed by atoms with van der Waals surface area (Å²) in [5.41, 5.74) is 0. The molecule has 2 atom stereocenters. The van der Waals surface area contributed by atoms with E-state index in [9.17, 15) is 4.57 Å². The number of nitrogens with one attached hydrogen (secondary N) is 1. The molecule has 2 unspecified atom stereocenters. The maximum Gasteiger partial charge on any atom is 0.345 e. The molecule has 0 spiro atoms. The molecule has 0 amide bonds. The van der Waals surface area contributed by atoms with Crippen molar-refractivity contribution in [3.8, 4) is 0 Å². The van der Waals surface area contributed by atoms with Gasteiger partial charge in [0, 0.05) is 37.9 Å². The van der Waals surface area contributed by atoms with Gasteiger partial charge in [-0.15, -0.1) is 23.2 Å². The Labute approximate surface area is 131 Å². The Hall–Kier alpha value is 0.650. The maximum atomic E-state index is 12.8. The molecule has 1 heterocycles. The largest absolute Gasteiger partial charge is 0.363 e. The molecule has 0 aromatic heterocycles. The zero-order valence-corrected chi connectivity index (χ0v) is 14.4. The van der Waals surface area contributed by atoms with E-state index >= 15 is 0 Å². The first-order chi connectivity index (χ1) is 9.68. The second kappa shape index (κ2) is 10.4. The van der Waals surface area contributed by atoms with Crippen LogP contribution in [0.2, 0.25) is 0 Å². The Morgan fingerprint density at radius 2 is 2.20 bits per heavy atom. The van der Waals surface area contributed by atoms with Crippen molar-refractivity contribution in [2.75, 3.05) is 38.1 Å². The highest BCUT2D eigenvalue weighted by Gasteiger charge is 2.40. The number of ether oxygens (including phenoxy) is 1. The zero-order valence-electron chi connectivity index (χ0n) is 12.0. The molecule has 1 fully saturated rings. The third kappa shape index (κ3) is 5.80. The van der Waals surface area contributed by atoms with E-state index in [4.69, 9.17) is 32.5 Å². The molecule has 0 aliphatic carbocycles. The first-order valence-electron chi connectivity index (χ1n) is 7.18. The van der Waals surface area contributed by atoms with Gasteiger partial charge in [0.25, 0.3) is 0 Å². The molecule has 8 heteroatoms. The fourth-order valence-electron chi connectivity index (χ4n) is 2.09. The molecule has 20 heavy (non-hydrogen) atoms. The SMILES string of the molecule is CCCCCOC1CCOP(=O)(NCCCl)N1CCCl. The van der Waals surface area contributed by atoms with Crippen LogP contribution in [0.3, 0.4) is 0 Å². The summed E-state index contributed by atoms with van der Waals surface area (Å²) in [5.74, 6) is 0.759. The monoisotopic (exact) mass is 346 g/mol. The van der Waals surface area contributed by atoms with Gasteiger partial charge < -0.3 is 9.26 Å². The predicted octanol–water partition coefficient (Wildman–Crippen LogP) is 3.42. The van der Waals surface area contributed by atoms with Crippen LogP contribution in [0.1, 0.15) is 32.6 Å². The van der Waals surface area contributed by atoms with E-state index in [-0.39, 0.29) is 6.23 Å². The molecule has 120 valence electrons. The minimum Gasteiger partial charge on any atom is -0.363 e. The first-order valence-corrected chi connectivity index (χ1v) is 9.83. The van der Waals surface area contributed by atoms with Crippen LogP contribution >= 0.6 is 30.9 Å². The standard InChI is InChI=1S/C12H25Cl2N2O3P/c1-2-3-4-10-18-12-5-11-19-20(17,15-8-6-13)16(12)9-7-14/h12H,2-11H2,1H3,(H,15,17). The van der Waals surface area contributed by atoms with Crippen LogP contribution in [0.4, 0.5) is 0 Å². The summed E-state index contributed by atoms with van der Waals surface area (Å²) in [6.45, 7) is 4.14. The van der Waals surface area contributed by atoms with Gasteiger partial charge in [-0.3, -0.25) is 4.57 Å². The summed E-state index contributed by atoms with van der Waals surface area (Å²) in [4.78, 5) is 0. The normalized spacial score (nSPS) is 27.9. The molecule has 0 bridgehead atoms. The highest BCUT2D eigenvalue weighted by molar-refractivity contribution is 7.54. The van der Waals surface area contributed by atoms with E-state index in [1.807, 2.05) is 0 Å². The topological polar surface area (TPSA) is 50.8 Å². The van der Waals surface area contributed by atoms with Crippen LogP contribution < -0.4 is 5.09 Å². The Morgan fingerprint density at radius 3 is 2.85 bits per heavy atom. The van der Waals surface area contributed by atoms with Crippen molar-refractivity contribution >= 4 is 30.9 Å². The van der Waals surface area contributed by atoms with Crippen LogP contribution in [-0.2, 0) is 13.8 Å². The number of rotatable bonds is 10. The first kappa shape index (κ1) is 18.7. The second-order valence-corrected chi connectivity index (χ2v) is 7.51. The Balaban J connectivity index is 2.59. The van der Waals surface area contributed by atoms with Gasteiger partial charge >= 0.3 is 7.67 Å². The van der Waals surface area contributed by atoms with Gasteiger partial charge in [0.1, 0.15) is 6.23 Å². The molecule has 0 radical (unpaired) electrons. The van der Waals surface area contributed by atoms with Crippen molar-refractivity contribution in [2.45, 2.75) is 38.8 Å². The number of hydrogen-bond acceptors (Lipinski definition) is 3. The van der Waals surface area contributed by atoms with Crippen molar-refractivity contribution in [1.29, 1.82) is 0 Å². The van der Waals surface area contributed by atoms with Crippen molar-refractivity contribution in [3.63, 3.8) is 0 Å². The van der Waals surface area contributed by atoms with Gasteiger partial charge in [0.2, 0.25) is 0 Å². The molecule has 0 aromatic carbocycles. The van der Waals surface area contributed by atoms with E-state index in [1.54, 1.807) is 4.67 Å². The Bertz CT molecular complexity index is 310. The zero-order chi connectivity index (χ0) is 14.8. The van der Waals surface area contributed by atoms with Crippen LogP contribution in [-0.4, -0.2) is 49.0 Å². The summed E-state index contributed by atoms with van der Waals surface area (Å²) in [7, 11) is -3.08. The third-order valence-corrected chi connectivity index (χ3v) is 5.73. The fraction of sp³-hybridized carbons (Fsp3) is 1.00. The van der Waals surface area contributed by atoms with Gasteiger partial charge in [-0.05, 0) is 6.42 Å². The number of halogens is 2. The highest BCUT2D eigenvalue weighted by Crippen LogP contribution is 2.51. The van der Waals surface area contributed by atoms with Gasteiger partial charge in [-0.2, -0.15) is 4.67 Å². The smallest absolute Gasteiger partial charge is 0.345 e. The van der Waals surface area contributed by atoms with Crippen molar-refractivity contribution in [3.05, 3.63) is 0 Å². The van der Waals surface area contributed by atoms with Gasteiger partial charge in [0.15, 0.2) is 0 Å². The molecule has 1 aliphatic rings. The molecule has 5 nitrogen and oxygen atoms in total. The summed E-state index contributed by atoms with van der Waals surface area (Å²) in [5, 5.41) is 2.90. The lowest BCUT2D eigenvalue weighted by atomic mass is 10.3. The molecular weight excluding hydrogens is 322 g/mol. The van der Waals surface area contributed by atoms with Gasteiger partial charge in [-0.25, -0.2) is 5.09 Å². The average Bonchev–Trinajstić information content (AvgIpc) is 2.45. The molecule has 0 saturated carbocycles. The summed E-state index contributed by atoms with van der Waals surface area (Å²) in [6, 6.07) is 0. The fourth-order valence-corrected chi connectivity index (χ4v) is 4.67. The lowest BCUT2D eigenvalue weighted by Crippen LogP contribution is -2.45. The Morgan fingerprint density at radius 1 is 1.40 bits per heavy atom. The van der Waals surface area contributed by atoms with Crippen LogP contribution in [0, 0.1) is 0 Å². The summed E-state index contributed by atoms with van der Waals surface area (Å²) < 4.78 is 25.9. The quantitative estimate of drug-likeness (QED) is 0.373. The van der Waals surface area contributed by atoms with Crippen LogP contribution in [0.15, 0.2) is 0 Å². The van der Waals surface area contributed by atoms with E-state index in [0.717, 1.165) is 19.3 Å². The minimum absolute atomic E-state index is 0.201.